The summed E-state index contributed by atoms with van der Waals surface area (Å²) in [5, 5.41) is 13.4. The van der Waals surface area contributed by atoms with Gasteiger partial charge in [0.15, 0.2) is 5.82 Å². The molecule has 2 heterocycles. The maximum atomic E-state index is 13.8. The fourth-order valence-corrected chi connectivity index (χ4v) is 9.32. The smallest absolute Gasteiger partial charge is 0.351 e. The second-order valence-corrected chi connectivity index (χ2v) is 17.2. The molecule has 1 aliphatic rings. The molecule has 1 amide bonds. The van der Waals surface area contributed by atoms with Gasteiger partial charge in [-0.05, 0) is 103 Å². The fraction of sp³-hybridized carbons (Fsp3) is 0.348. The largest absolute Gasteiger partial charge is 0.796 e. The molecular formula is C46H50BrN5O8P-. The van der Waals surface area contributed by atoms with Crippen molar-refractivity contribution in [3.63, 3.8) is 0 Å². The first-order valence-electron chi connectivity index (χ1n) is 20.0. The number of aromatic nitrogens is 2. The molecule has 0 saturated carbocycles. The monoisotopic (exact) mass is 910 g/mol. The van der Waals surface area contributed by atoms with Crippen molar-refractivity contribution < 1.29 is 33.2 Å². The van der Waals surface area contributed by atoms with Crippen molar-refractivity contribution in [2.75, 3.05) is 32.8 Å². The van der Waals surface area contributed by atoms with Gasteiger partial charge < -0.3 is 33.7 Å². The molecule has 320 valence electrons. The number of nitrogens with one attached hydrogen (secondary N) is 1. The van der Waals surface area contributed by atoms with Crippen molar-refractivity contribution in [3.8, 4) is 17.6 Å². The number of benzene rings is 4. The van der Waals surface area contributed by atoms with Gasteiger partial charge in [0.2, 0.25) is 0 Å². The number of carbonyl (C=O) groups excluding carboxylic acids is 1. The Kier molecular flexibility index (Phi) is 15.5. The molecule has 1 aromatic heterocycles. The minimum Gasteiger partial charge on any atom is -0.796 e. The van der Waals surface area contributed by atoms with Gasteiger partial charge in [-0.3, -0.25) is 14.0 Å². The standard InChI is InChI=1S/C46H50BrN5O8P/c1-30(2)52(31(3)4)61(55)59-28-33(26-48)39-25-42(51-27-40(47)43(50-45(51)54)49-44(53)32-13-9-7-10-14-32)60-41(39)29-58-46(34-15-11-8-12-16-34,35-17-21-37(56-5)22-18-35)36-19-23-38(57-6)24-20-36/h7-24,27,30-31,33,39,41-42H,25,28-29H2,1-6H3,(H,49,50,53,54)/q-1/t33-,39-,41?,42+,61?/m0/s1. The fourth-order valence-electron chi connectivity index (χ4n) is 7.74. The third kappa shape index (κ3) is 10.4. The van der Waals surface area contributed by atoms with Crippen LogP contribution >= 0.6 is 24.5 Å². The van der Waals surface area contributed by atoms with Gasteiger partial charge in [0.25, 0.3) is 5.91 Å². The van der Waals surface area contributed by atoms with Crippen molar-refractivity contribution in [1.29, 1.82) is 5.26 Å². The van der Waals surface area contributed by atoms with Gasteiger partial charge >= 0.3 is 5.69 Å². The normalized spacial score (nSPS) is 17.6. The highest BCUT2D eigenvalue weighted by molar-refractivity contribution is 9.10. The van der Waals surface area contributed by atoms with Crippen molar-refractivity contribution in [3.05, 3.63) is 153 Å². The molecule has 0 radical (unpaired) electrons. The molecular weight excluding hydrogens is 861 g/mol. The molecule has 0 spiro atoms. The second-order valence-electron chi connectivity index (χ2n) is 15.1. The number of rotatable bonds is 18. The third-order valence-electron chi connectivity index (χ3n) is 10.7. The van der Waals surface area contributed by atoms with E-state index < -0.39 is 49.9 Å². The van der Waals surface area contributed by atoms with Crippen molar-refractivity contribution in [2.45, 2.75) is 64.1 Å². The van der Waals surface area contributed by atoms with E-state index in [1.54, 1.807) is 49.2 Å². The minimum absolute atomic E-state index is 0.0445. The number of hydrogen-bond donors (Lipinski definition) is 1. The maximum absolute atomic E-state index is 13.8. The summed E-state index contributed by atoms with van der Waals surface area (Å²) in [6, 6.07) is 35.9. The molecule has 1 aliphatic heterocycles. The predicted molar refractivity (Wildman–Crippen MR) is 235 cm³/mol. The first-order valence-corrected chi connectivity index (χ1v) is 21.9. The lowest BCUT2D eigenvalue weighted by Gasteiger charge is -2.41. The zero-order chi connectivity index (χ0) is 43.7. The summed E-state index contributed by atoms with van der Waals surface area (Å²) in [6.07, 6.45) is 0.0406. The van der Waals surface area contributed by atoms with E-state index in [9.17, 15) is 19.7 Å². The van der Waals surface area contributed by atoms with Crippen LogP contribution in [0.5, 0.6) is 11.5 Å². The highest BCUT2D eigenvalue weighted by Gasteiger charge is 2.45. The van der Waals surface area contributed by atoms with Gasteiger partial charge in [-0.2, -0.15) is 10.2 Å². The number of methoxy groups -OCH3 is 2. The van der Waals surface area contributed by atoms with Crippen molar-refractivity contribution in [2.24, 2.45) is 11.8 Å². The van der Waals surface area contributed by atoms with E-state index in [-0.39, 0.29) is 37.5 Å². The summed E-state index contributed by atoms with van der Waals surface area (Å²) in [4.78, 5) is 44.4. The van der Waals surface area contributed by atoms with Crippen molar-refractivity contribution in [1.82, 2.24) is 14.2 Å². The number of amides is 1. The molecule has 2 unspecified atom stereocenters. The molecule has 5 atom stereocenters. The van der Waals surface area contributed by atoms with Crippen LogP contribution in [0.1, 0.15) is 67.4 Å². The number of halogens is 1. The quantitative estimate of drug-likeness (QED) is 0.0670. The molecule has 6 rings (SSSR count). The van der Waals surface area contributed by atoms with Crippen LogP contribution in [0.4, 0.5) is 5.82 Å². The summed E-state index contributed by atoms with van der Waals surface area (Å²) < 4.78 is 34.4. The lowest BCUT2D eigenvalue weighted by molar-refractivity contribution is -0.197. The van der Waals surface area contributed by atoms with E-state index in [2.05, 4.69) is 32.3 Å². The first kappa shape index (κ1) is 45.6. The Morgan fingerprint density at radius 1 is 0.934 bits per heavy atom. The Bertz CT molecular complexity index is 2250. The van der Waals surface area contributed by atoms with Crippen molar-refractivity contribution >= 4 is 36.2 Å². The van der Waals surface area contributed by atoms with E-state index in [1.165, 1.54) is 10.8 Å². The zero-order valence-corrected chi connectivity index (χ0v) is 37.4. The van der Waals surface area contributed by atoms with Crippen LogP contribution in [0.2, 0.25) is 0 Å². The molecule has 4 aromatic carbocycles. The van der Waals surface area contributed by atoms with Crippen LogP contribution in [-0.2, 0) is 19.6 Å². The Morgan fingerprint density at radius 2 is 1.48 bits per heavy atom. The number of nitriles is 1. The Morgan fingerprint density at radius 3 is 2.00 bits per heavy atom. The first-order chi connectivity index (χ1) is 29.4. The van der Waals surface area contributed by atoms with Gasteiger partial charge in [0, 0.05) is 38.3 Å². The van der Waals surface area contributed by atoms with Gasteiger partial charge in [-0.25, -0.2) is 4.79 Å². The van der Waals surface area contributed by atoms with E-state index in [0.29, 0.717) is 21.5 Å². The van der Waals surface area contributed by atoms with Crippen LogP contribution in [0.15, 0.2) is 125 Å². The van der Waals surface area contributed by atoms with E-state index in [4.69, 9.17) is 23.5 Å². The molecule has 1 fully saturated rings. The van der Waals surface area contributed by atoms with Crippen LogP contribution in [0.3, 0.4) is 0 Å². The van der Waals surface area contributed by atoms with Crippen LogP contribution in [0.25, 0.3) is 0 Å². The maximum Gasteiger partial charge on any atom is 0.351 e. The lowest BCUT2D eigenvalue weighted by atomic mass is 9.79. The number of ether oxygens (including phenoxy) is 4. The van der Waals surface area contributed by atoms with Gasteiger partial charge in [0.05, 0.1) is 50.0 Å². The minimum atomic E-state index is -2.27. The zero-order valence-electron chi connectivity index (χ0n) is 34.9. The van der Waals surface area contributed by atoms with Gasteiger partial charge in [0.1, 0.15) is 23.3 Å². The second kappa shape index (κ2) is 20.7. The Balaban J connectivity index is 1.38. The third-order valence-corrected chi connectivity index (χ3v) is 13.0. The molecule has 0 aliphatic carbocycles. The molecule has 1 saturated heterocycles. The topological polar surface area (TPSA) is 160 Å². The SMILES string of the molecule is COc1ccc(C(OCC2O[C@@H](n3cc(Br)c(NC(=O)c4ccccc4)nc3=O)C[C@H]2[C@@H](C#N)COP([O-])N(C(C)C)C(C)C)(c2ccccc2)c2ccc(OC)cc2)cc1. The molecule has 61 heavy (non-hydrogen) atoms. The summed E-state index contributed by atoms with van der Waals surface area (Å²) in [5.41, 5.74) is 0.944. The molecule has 1 N–H and O–H groups in total. The van der Waals surface area contributed by atoms with Gasteiger partial charge in [-0.15, -0.1) is 0 Å². The van der Waals surface area contributed by atoms with E-state index in [1.807, 2.05) is 107 Å². The van der Waals surface area contributed by atoms with Crippen LogP contribution < -0.4 is 25.4 Å². The Labute approximate surface area is 366 Å². The van der Waals surface area contributed by atoms with E-state index in [0.717, 1.165) is 16.7 Å². The Hall–Kier alpha value is -4.97. The number of hydrogen-bond acceptors (Lipinski definition) is 11. The summed E-state index contributed by atoms with van der Waals surface area (Å²) in [7, 11) is 0.940. The lowest BCUT2D eigenvalue weighted by Crippen LogP contribution is -2.39. The van der Waals surface area contributed by atoms with Gasteiger partial charge in [-0.1, -0.05) is 72.8 Å². The number of nitrogens with zero attached hydrogens (tertiary/aromatic N) is 4. The number of anilines is 1. The summed E-state index contributed by atoms with van der Waals surface area (Å²) in [5.74, 6) is -0.427. The highest BCUT2D eigenvalue weighted by atomic mass is 79.9. The average Bonchev–Trinajstić information content (AvgIpc) is 3.69. The molecule has 0 bridgehead atoms. The molecule has 15 heteroatoms. The summed E-state index contributed by atoms with van der Waals surface area (Å²) in [6.45, 7) is 7.56. The molecule has 13 nitrogen and oxygen atoms in total. The van der Waals surface area contributed by atoms with Crippen LogP contribution in [0, 0.1) is 23.2 Å². The van der Waals surface area contributed by atoms with Crippen LogP contribution in [-0.4, -0.2) is 65.7 Å². The summed E-state index contributed by atoms with van der Waals surface area (Å²) >= 11 is 3.49. The average molecular weight is 912 g/mol. The molecule has 5 aromatic rings. The predicted octanol–water partition coefficient (Wildman–Crippen LogP) is 8.05. The number of carbonyl (C=O) groups is 1. The van der Waals surface area contributed by atoms with E-state index >= 15 is 0 Å². The highest BCUT2D eigenvalue weighted by Crippen LogP contribution is 2.45.